The quantitative estimate of drug-likeness (QED) is 0.767. The molecule has 0 aromatic heterocycles. The zero-order valence-corrected chi connectivity index (χ0v) is 11.6. The van der Waals surface area contributed by atoms with Crippen LogP contribution in [0.4, 0.5) is 0 Å². The molecule has 0 aliphatic heterocycles. The molecule has 4 heteroatoms. The fraction of sp³-hybridized carbons (Fsp3) is 0.929. The molecule has 0 spiro atoms. The van der Waals surface area contributed by atoms with Gasteiger partial charge in [0.1, 0.15) is 0 Å². The highest BCUT2D eigenvalue weighted by atomic mass is 16.3. The Labute approximate surface area is 110 Å². The van der Waals surface area contributed by atoms with Crippen LogP contribution in [0.2, 0.25) is 0 Å². The maximum atomic E-state index is 12.0. The summed E-state index contributed by atoms with van der Waals surface area (Å²) in [5.74, 6) is 1.31. The summed E-state index contributed by atoms with van der Waals surface area (Å²) in [5.41, 5.74) is 0. The third kappa shape index (κ3) is 3.95. The minimum absolute atomic E-state index is 0.160. The molecule has 2 saturated carbocycles. The highest BCUT2D eigenvalue weighted by Crippen LogP contribution is 2.29. The van der Waals surface area contributed by atoms with Crippen molar-refractivity contribution < 1.29 is 9.90 Å². The molecule has 2 fully saturated rings. The summed E-state index contributed by atoms with van der Waals surface area (Å²) < 4.78 is 0. The van der Waals surface area contributed by atoms with E-state index in [2.05, 4.69) is 4.90 Å². The second-order valence-electron chi connectivity index (χ2n) is 6.17. The molecule has 104 valence electrons. The molecule has 0 bridgehead atoms. The first kappa shape index (κ1) is 13.8. The van der Waals surface area contributed by atoms with Crippen LogP contribution in [0, 0.1) is 11.8 Å². The first-order valence-corrected chi connectivity index (χ1v) is 7.17. The third-order valence-electron chi connectivity index (χ3n) is 4.23. The molecule has 0 radical (unpaired) electrons. The van der Waals surface area contributed by atoms with E-state index in [1.165, 1.54) is 12.8 Å². The predicted octanol–water partition coefficient (Wildman–Crippen LogP) is 0.948. The van der Waals surface area contributed by atoms with E-state index >= 15 is 0 Å². The maximum absolute atomic E-state index is 12.0. The van der Waals surface area contributed by atoms with Gasteiger partial charge in [-0.3, -0.25) is 9.69 Å². The van der Waals surface area contributed by atoms with E-state index in [1.807, 2.05) is 19.0 Å². The molecule has 18 heavy (non-hydrogen) atoms. The lowest BCUT2D eigenvalue weighted by atomic mass is 10.1. The topological polar surface area (TPSA) is 43.8 Å². The second kappa shape index (κ2) is 6.02. The van der Waals surface area contributed by atoms with E-state index in [-0.39, 0.29) is 12.0 Å². The van der Waals surface area contributed by atoms with Crippen LogP contribution in [0.15, 0.2) is 0 Å². The summed E-state index contributed by atoms with van der Waals surface area (Å²) in [5, 5.41) is 9.79. The van der Waals surface area contributed by atoms with E-state index in [9.17, 15) is 9.90 Å². The second-order valence-corrected chi connectivity index (χ2v) is 6.17. The number of hydrogen-bond donors (Lipinski definition) is 1. The first-order valence-electron chi connectivity index (χ1n) is 7.17. The summed E-state index contributed by atoms with van der Waals surface area (Å²) in [6.45, 7) is 2.23. The van der Waals surface area contributed by atoms with Crippen LogP contribution in [0.25, 0.3) is 0 Å². The summed E-state index contributed by atoms with van der Waals surface area (Å²) >= 11 is 0. The SMILES string of the molecule is CN(CC(=O)N(C)CC1CC1)CC1CCCC1O. The Morgan fingerprint density at radius 2 is 1.89 bits per heavy atom. The van der Waals surface area contributed by atoms with Gasteiger partial charge in [0, 0.05) is 20.1 Å². The summed E-state index contributed by atoms with van der Waals surface area (Å²) in [4.78, 5) is 15.9. The average Bonchev–Trinajstić information content (AvgIpc) is 3.03. The largest absolute Gasteiger partial charge is 0.393 e. The van der Waals surface area contributed by atoms with Gasteiger partial charge < -0.3 is 10.0 Å². The Bertz CT molecular complexity index is 292. The number of carbonyl (C=O) groups is 1. The van der Waals surface area contributed by atoms with Gasteiger partial charge in [0.25, 0.3) is 0 Å². The van der Waals surface area contributed by atoms with Gasteiger partial charge in [0.05, 0.1) is 12.6 Å². The molecule has 1 N–H and O–H groups in total. The zero-order chi connectivity index (χ0) is 13.1. The predicted molar refractivity (Wildman–Crippen MR) is 71.2 cm³/mol. The number of aliphatic hydroxyl groups is 1. The van der Waals surface area contributed by atoms with Gasteiger partial charge in [-0.05, 0) is 44.6 Å². The van der Waals surface area contributed by atoms with Crippen molar-refractivity contribution in [3.8, 4) is 0 Å². The van der Waals surface area contributed by atoms with E-state index < -0.39 is 0 Å². The van der Waals surface area contributed by atoms with Crippen molar-refractivity contribution in [2.75, 3.05) is 33.7 Å². The van der Waals surface area contributed by atoms with Crippen molar-refractivity contribution in [1.82, 2.24) is 9.80 Å². The number of carbonyl (C=O) groups excluding carboxylic acids is 1. The minimum Gasteiger partial charge on any atom is -0.393 e. The van der Waals surface area contributed by atoms with Gasteiger partial charge in [0.2, 0.25) is 5.91 Å². The van der Waals surface area contributed by atoms with Crippen LogP contribution in [0.3, 0.4) is 0 Å². The van der Waals surface area contributed by atoms with E-state index in [0.29, 0.717) is 12.5 Å². The summed E-state index contributed by atoms with van der Waals surface area (Å²) in [7, 11) is 3.88. The lowest BCUT2D eigenvalue weighted by Crippen LogP contribution is -2.40. The van der Waals surface area contributed by atoms with Crippen LogP contribution in [0.1, 0.15) is 32.1 Å². The highest BCUT2D eigenvalue weighted by Gasteiger charge is 2.28. The van der Waals surface area contributed by atoms with Crippen LogP contribution < -0.4 is 0 Å². The third-order valence-corrected chi connectivity index (χ3v) is 4.23. The van der Waals surface area contributed by atoms with Crippen molar-refractivity contribution in [1.29, 1.82) is 0 Å². The highest BCUT2D eigenvalue weighted by molar-refractivity contribution is 5.78. The van der Waals surface area contributed by atoms with E-state index in [0.717, 1.165) is 38.3 Å². The molecule has 0 saturated heterocycles. The van der Waals surface area contributed by atoms with Gasteiger partial charge in [-0.15, -0.1) is 0 Å². The molecule has 2 unspecified atom stereocenters. The maximum Gasteiger partial charge on any atom is 0.236 e. The number of hydrogen-bond acceptors (Lipinski definition) is 3. The molecule has 0 heterocycles. The lowest BCUT2D eigenvalue weighted by molar-refractivity contribution is -0.131. The Hall–Kier alpha value is -0.610. The Balaban J connectivity index is 1.68. The van der Waals surface area contributed by atoms with E-state index in [4.69, 9.17) is 0 Å². The lowest BCUT2D eigenvalue weighted by Gasteiger charge is -2.25. The molecule has 0 aromatic rings. The Kier molecular flexibility index (Phi) is 4.62. The van der Waals surface area contributed by atoms with Crippen molar-refractivity contribution in [3.63, 3.8) is 0 Å². The molecule has 2 aliphatic rings. The molecule has 0 aromatic carbocycles. The standard InChI is InChI=1S/C14H26N2O2/c1-15(9-12-4-3-5-13(12)17)10-14(18)16(2)8-11-6-7-11/h11-13,17H,3-10H2,1-2H3. The van der Waals surface area contributed by atoms with Gasteiger partial charge in [-0.1, -0.05) is 6.42 Å². The van der Waals surface area contributed by atoms with Crippen LogP contribution in [0.5, 0.6) is 0 Å². The molecule has 2 aliphatic carbocycles. The molecule has 2 atom stereocenters. The normalized spacial score (nSPS) is 27.8. The Morgan fingerprint density at radius 3 is 2.44 bits per heavy atom. The fourth-order valence-corrected chi connectivity index (χ4v) is 2.84. The average molecular weight is 254 g/mol. The number of aliphatic hydroxyl groups excluding tert-OH is 1. The summed E-state index contributed by atoms with van der Waals surface area (Å²) in [6.07, 6.45) is 5.54. The van der Waals surface area contributed by atoms with Gasteiger partial charge in [-0.2, -0.15) is 0 Å². The van der Waals surface area contributed by atoms with E-state index in [1.54, 1.807) is 0 Å². The minimum atomic E-state index is -0.160. The summed E-state index contributed by atoms with van der Waals surface area (Å²) in [6, 6.07) is 0. The zero-order valence-electron chi connectivity index (χ0n) is 11.6. The van der Waals surface area contributed by atoms with Crippen LogP contribution in [-0.2, 0) is 4.79 Å². The first-order chi connectivity index (χ1) is 8.56. The molecule has 4 nitrogen and oxygen atoms in total. The van der Waals surface area contributed by atoms with Crippen LogP contribution >= 0.6 is 0 Å². The number of amides is 1. The molecular weight excluding hydrogens is 228 g/mol. The Morgan fingerprint density at radius 1 is 1.17 bits per heavy atom. The smallest absolute Gasteiger partial charge is 0.236 e. The van der Waals surface area contributed by atoms with Crippen molar-refractivity contribution in [2.24, 2.45) is 11.8 Å². The van der Waals surface area contributed by atoms with Gasteiger partial charge in [-0.25, -0.2) is 0 Å². The number of likely N-dealkylation sites (N-methyl/N-ethyl adjacent to an activating group) is 2. The molecule has 2 rings (SSSR count). The molecule has 1 amide bonds. The van der Waals surface area contributed by atoms with Crippen molar-refractivity contribution >= 4 is 5.91 Å². The number of rotatable bonds is 6. The molecular formula is C14H26N2O2. The van der Waals surface area contributed by atoms with Crippen molar-refractivity contribution in [3.05, 3.63) is 0 Å². The number of nitrogens with zero attached hydrogens (tertiary/aromatic N) is 2. The van der Waals surface area contributed by atoms with Gasteiger partial charge in [0.15, 0.2) is 0 Å². The fourth-order valence-electron chi connectivity index (χ4n) is 2.84. The van der Waals surface area contributed by atoms with Crippen molar-refractivity contribution in [2.45, 2.75) is 38.2 Å². The van der Waals surface area contributed by atoms with Crippen LogP contribution in [-0.4, -0.2) is 60.6 Å². The van der Waals surface area contributed by atoms with Gasteiger partial charge >= 0.3 is 0 Å². The monoisotopic (exact) mass is 254 g/mol.